The van der Waals surface area contributed by atoms with Gasteiger partial charge in [-0.25, -0.2) is 8.42 Å². The van der Waals surface area contributed by atoms with Gasteiger partial charge >= 0.3 is 0 Å². The van der Waals surface area contributed by atoms with Gasteiger partial charge in [0.1, 0.15) is 0 Å². The van der Waals surface area contributed by atoms with Crippen molar-refractivity contribution in [2.75, 3.05) is 25.1 Å². The van der Waals surface area contributed by atoms with Crippen LogP contribution in [0, 0.1) is 17.8 Å². The number of nitrogens with one attached hydrogen (secondary N) is 1. The summed E-state index contributed by atoms with van der Waals surface area (Å²) in [6, 6.07) is 0. The second-order valence-corrected chi connectivity index (χ2v) is 5.53. The first-order valence-corrected chi connectivity index (χ1v) is 6.29. The van der Waals surface area contributed by atoms with E-state index in [1.807, 2.05) is 7.05 Å². The van der Waals surface area contributed by atoms with Gasteiger partial charge in [0.05, 0.1) is 18.1 Å². The molecule has 0 radical (unpaired) electrons. The molecule has 0 spiro atoms. The smallest absolute Gasteiger partial charge is 0.151 e. The first-order chi connectivity index (χ1) is 6.14. The summed E-state index contributed by atoms with van der Waals surface area (Å²) >= 11 is 0. The third-order valence-electron chi connectivity index (χ3n) is 2.03. The van der Waals surface area contributed by atoms with Crippen LogP contribution < -0.4 is 5.32 Å². The van der Waals surface area contributed by atoms with Crippen molar-refractivity contribution in [2.45, 2.75) is 12.8 Å². The molecule has 74 valence electrons. The van der Waals surface area contributed by atoms with Crippen LogP contribution in [0.1, 0.15) is 12.8 Å². The summed E-state index contributed by atoms with van der Waals surface area (Å²) in [5.74, 6) is 6.56. The van der Waals surface area contributed by atoms with Crippen LogP contribution in [-0.4, -0.2) is 33.5 Å². The Bertz CT molecular complexity index is 310. The number of sulfone groups is 1. The van der Waals surface area contributed by atoms with E-state index >= 15 is 0 Å². The second-order valence-electron chi connectivity index (χ2n) is 3.30. The third kappa shape index (κ3) is 3.79. The van der Waals surface area contributed by atoms with Gasteiger partial charge in [-0.05, 0) is 19.9 Å². The first kappa shape index (κ1) is 10.6. The minimum Gasteiger partial charge on any atom is -0.309 e. The maximum atomic E-state index is 11.2. The van der Waals surface area contributed by atoms with Crippen LogP contribution in [0.15, 0.2) is 0 Å². The predicted octanol–water partition coefficient (Wildman–Crippen LogP) is 0.0340. The average Bonchev–Trinajstić information content (AvgIpc) is 2.03. The molecule has 0 aliphatic carbocycles. The Kier molecular flexibility index (Phi) is 3.76. The molecule has 1 N–H and O–H groups in total. The Hall–Kier alpha value is -0.530. The van der Waals surface area contributed by atoms with Crippen molar-refractivity contribution >= 4 is 9.84 Å². The van der Waals surface area contributed by atoms with E-state index in [1.165, 1.54) is 0 Å². The molecule has 1 heterocycles. The van der Waals surface area contributed by atoms with Gasteiger partial charge in [0.15, 0.2) is 9.84 Å². The highest BCUT2D eigenvalue weighted by atomic mass is 32.2. The molecule has 1 rings (SSSR count). The molecule has 0 saturated carbocycles. The van der Waals surface area contributed by atoms with Crippen LogP contribution in [0.3, 0.4) is 0 Å². The molecule has 4 heteroatoms. The average molecular weight is 201 g/mol. The fraction of sp³-hybridized carbons (Fsp3) is 0.778. The van der Waals surface area contributed by atoms with E-state index < -0.39 is 9.84 Å². The van der Waals surface area contributed by atoms with E-state index in [4.69, 9.17) is 0 Å². The highest BCUT2D eigenvalue weighted by Gasteiger charge is 2.22. The minimum atomic E-state index is -2.79. The zero-order chi connectivity index (χ0) is 9.73. The lowest BCUT2D eigenvalue weighted by molar-refractivity contribution is 0.549. The van der Waals surface area contributed by atoms with Crippen LogP contribution >= 0.6 is 0 Å². The van der Waals surface area contributed by atoms with E-state index in [0.29, 0.717) is 12.3 Å². The molecule has 0 aromatic carbocycles. The molecule has 0 bridgehead atoms. The lowest BCUT2D eigenvalue weighted by Crippen LogP contribution is -2.24. The summed E-state index contributed by atoms with van der Waals surface area (Å²) in [5.41, 5.74) is 0. The van der Waals surface area contributed by atoms with Crippen molar-refractivity contribution in [3.63, 3.8) is 0 Å². The van der Waals surface area contributed by atoms with Gasteiger partial charge in [-0.15, -0.1) is 0 Å². The summed E-state index contributed by atoms with van der Waals surface area (Å²) in [6.07, 6.45) is 1.69. The monoisotopic (exact) mass is 201 g/mol. The fourth-order valence-corrected chi connectivity index (χ4v) is 3.06. The van der Waals surface area contributed by atoms with Crippen LogP contribution in [0.5, 0.6) is 0 Å². The highest BCUT2D eigenvalue weighted by molar-refractivity contribution is 7.91. The van der Waals surface area contributed by atoms with Crippen molar-refractivity contribution in [3.8, 4) is 11.8 Å². The molecule has 1 saturated heterocycles. The summed E-state index contributed by atoms with van der Waals surface area (Å²) in [7, 11) is -0.966. The Morgan fingerprint density at radius 3 is 2.92 bits per heavy atom. The number of rotatable bonds is 1. The molecule has 0 amide bonds. The van der Waals surface area contributed by atoms with Crippen LogP contribution in [0.25, 0.3) is 0 Å². The predicted molar refractivity (Wildman–Crippen MR) is 53.1 cm³/mol. The Morgan fingerprint density at radius 1 is 1.54 bits per heavy atom. The maximum absolute atomic E-state index is 11.2. The summed E-state index contributed by atoms with van der Waals surface area (Å²) in [4.78, 5) is 0. The van der Waals surface area contributed by atoms with E-state index in [1.54, 1.807) is 0 Å². The Balaban J connectivity index is 2.49. The van der Waals surface area contributed by atoms with Gasteiger partial charge < -0.3 is 5.32 Å². The summed E-state index contributed by atoms with van der Waals surface area (Å²) in [5, 5.41) is 2.90. The summed E-state index contributed by atoms with van der Waals surface area (Å²) in [6.45, 7) is 0.635. The van der Waals surface area contributed by atoms with E-state index in [2.05, 4.69) is 17.2 Å². The second kappa shape index (κ2) is 4.64. The van der Waals surface area contributed by atoms with Gasteiger partial charge in [0.2, 0.25) is 0 Å². The largest absolute Gasteiger partial charge is 0.309 e. The molecule has 1 aliphatic rings. The lowest BCUT2D eigenvalue weighted by atomic mass is 10.1. The molecule has 1 fully saturated rings. The highest BCUT2D eigenvalue weighted by Crippen LogP contribution is 2.16. The molecule has 0 aromatic rings. The standard InChI is InChI=1S/C9H15NO2S/c1-10-6-2-4-9-5-3-7-13(11,12)8-9/h9-10H,3,5-8H2,1H3. The molecular formula is C9H15NO2S. The zero-order valence-corrected chi connectivity index (χ0v) is 8.65. The molecular weight excluding hydrogens is 186 g/mol. The SMILES string of the molecule is CNCC#CC1CCCS(=O)(=O)C1. The van der Waals surface area contributed by atoms with Gasteiger partial charge in [0.25, 0.3) is 0 Å². The van der Waals surface area contributed by atoms with Crippen molar-refractivity contribution in [1.82, 2.24) is 5.32 Å². The molecule has 3 nitrogen and oxygen atoms in total. The van der Waals surface area contributed by atoms with Gasteiger partial charge in [0, 0.05) is 5.92 Å². The topological polar surface area (TPSA) is 46.2 Å². The van der Waals surface area contributed by atoms with Gasteiger partial charge in [-0.1, -0.05) is 11.8 Å². The van der Waals surface area contributed by atoms with Crippen molar-refractivity contribution in [1.29, 1.82) is 0 Å². The van der Waals surface area contributed by atoms with Crippen molar-refractivity contribution < 1.29 is 8.42 Å². The normalized spacial score (nSPS) is 26.1. The summed E-state index contributed by atoms with van der Waals surface area (Å²) < 4.78 is 22.4. The molecule has 13 heavy (non-hydrogen) atoms. The zero-order valence-electron chi connectivity index (χ0n) is 7.84. The van der Waals surface area contributed by atoms with Crippen molar-refractivity contribution in [3.05, 3.63) is 0 Å². The first-order valence-electron chi connectivity index (χ1n) is 4.47. The van der Waals surface area contributed by atoms with Gasteiger partial charge in [-0.3, -0.25) is 0 Å². The Morgan fingerprint density at radius 2 is 2.31 bits per heavy atom. The maximum Gasteiger partial charge on any atom is 0.151 e. The number of hydrogen-bond donors (Lipinski definition) is 1. The molecule has 0 aromatic heterocycles. The van der Waals surface area contributed by atoms with Crippen LogP contribution in [0.4, 0.5) is 0 Å². The molecule has 1 aliphatic heterocycles. The van der Waals surface area contributed by atoms with Crippen molar-refractivity contribution in [2.24, 2.45) is 5.92 Å². The van der Waals surface area contributed by atoms with Crippen LogP contribution in [-0.2, 0) is 9.84 Å². The van der Waals surface area contributed by atoms with E-state index in [9.17, 15) is 8.42 Å². The lowest BCUT2D eigenvalue weighted by Gasteiger charge is -2.16. The fourth-order valence-electron chi connectivity index (χ4n) is 1.42. The van der Waals surface area contributed by atoms with Gasteiger partial charge in [-0.2, -0.15) is 0 Å². The Labute approximate surface area is 79.8 Å². The third-order valence-corrected chi connectivity index (χ3v) is 3.86. The van der Waals surface area contributed by atoms with Crippen LogP contribution in [0.2, 0.25) is 0 Å². The van der Waals surface area contributed by atoms with E-state index in [0.717, 1.165) is 12.8 Å². The van der Waals surface area contributed by atoms with E-state index in [-0.39, 0.29) is 11.7 Å². The molecule has 1 atom stereocenters. The minimum absolute atomic E-state index is 0.0621. The molecule has 1 unspecified atom stereocenters. The quantitative estimate of drug-likeness (QED) is 0.609. The number of hydrogen-bond acceptors (Lipinski definition) is 3.